The molecule has 0 bridgehead atoms. The lowest BCUT2D eigenvalue weighted by atomic mass is 10.1. The third-order valence-corrected chi connectivity index (χ3v) is 6.90. The number of ether oxygens (including phenoxy) is 4. The summed E-state index contributed by atoms with van der Waals surface area (Å²) >= 11 is 0. The molecule has 0 fully saturated rings. The molecule has 0 aromatic heterocycles. The van der Waals surface area contributed by atoms with Crippen LogP contribution >= 0.6 is 0 Å². The number of hydrogen-bond donors (Lipinski definition) is 0. The van der Waals surface area contributed by atoms with Crippen molar-refractivity contribution in [3.05, 3.63) is 178 Å². The van der Waals surface area contributed by atoms with Crippen molar-refractivity contribution in [3.8, 4) is 0 Å². The van der Waals surface area contributed by atoms with Crippen LogP contribution in [0.5, 0.6) is 0 Å². The van der Waals surface area contributed by atoms with Gasteiger partial charge < -0.3 is 18.9 Å². The van der Waals surface area contributed by atoms with Crippen LogP contribution < -0.4 is 0 Å². The molecule has 0 heterocycles. The van der Waals surface area contributed by atoms with Crippen LogP contribution in [-0.2, 0) is 71.8 Å². The molecule has 5 aromatic rings. The summed E-state index contributed by atoms with van der Waals surface area (Å²) in [5.74, 6) is 0. The van der Waals surface area contributed by atoms with Gasteiger partial charge in [-0.05, 0) is 44.5 Å². The van der Waals surface area contributed by atoms with Gasteiger partial charge in [-0.2, -0.15) is 0 Å². The minimum absolute atomic E-state index is 0.574. The van der Waals surface area contributed by atoms with Crippen molar-refractivity contribution >= 4 is 0 Å². The second-order valence-corrected chi connectivity index (χ2v) is 10.4. The average molecular weight is 559 g/mol. The van der Waals surface area contributed by atoms with Gasteiger partial charge in [0.25, 0.3) is 0 Å². The average Bonchev–Trinajstić information content (AvgIpc) is 3.04. The van der Waals surface area contributed by atoms with Crippen LogP contribution in [0, 0.1) is 0 Å². The van der Waals surface area contributed by atoms with Gasteiger partial charge in [0, 0.05) is 0 Å². The smallest absolute Gasteiger partial charge is 0.0721 e. The van der Waals surface area contributed by atoms with Crippen LogP contribution in [-0.4, -0.2) is 0 Å². The Bertz CT molecular complexity index is 1320. The van der Waals surface area contributed by atoms with Crippen molar-refractivity contribution in [2.45, 2.75) is 52.9 Å². The molecule has 0 aliphatic heterocycles. The van der Waals surface area contributed by atoms with Gasteiger partial charge in [0.05, 0.1) is 52.9 Å². The van der Waals surface area contributed by atoms with Crippen molar-refractivity contribution in [3.63, 3.8) is 0 Å². The van der Waals surface area contributed by atoms with E-state index in [1.165, 1.54) is 11.1 Å². The van der Waals surface area contributed by atoms with E-state index in [4.69, 9.17) is 18.9 Å². The summed E-state index contributed by atoms with van der Waals surface area (Å²) in [6.45, 7) is 4.75. The minimum Gasteiger partial charge on any atom is -0.372 e. The highest BCUT2D eigenvalue weighted by molar-refractivity contribution is 5.24. The first-order chi connectivity index (χ1) is 20.8. The summed E-state index contributed by atoms with van der Waals surface area (Å²) in [4.78, 5) is 0. The summed E-state index contributed by atoms with van der Waals surface area (Å²) < 4.78 is 23.5. The molecule has 0 saturated heterocycles. The van der Waals surface area contributed by atoms with Gasteiger partial charge in [-0.1, -0.05) is 133 Å². The minimum atomic E-state index is 0.574. The predicted molar refractivity (Wildman–Crippen MR) is 166 cm³/mol. The Morgan fingerprint density at radius 3 is 0.571 bits per heavy atom. The van der Waals surface area contributed by atoms with E-state index in [-0.39, 0.29) is 0 Å². The van der Waals surface area contributed by atoms with Crippen LogP contribution in [0.1, 0.15) is 44.5 Å². The highest BCUT2D eigenvalue weighted by Crippen LogP contribution is 2.13. The third-order valence-electron chi connectivity index (χ3n) is 6.90. The lowest BCUT2D eigenvalue weighted by molar-refractivity contribution is 0.104. The molecular weight excluding hydrogens is 520 g/mol. The van der Waals surface area contributed by atoms with Gasteiger partial charge in [0.1, 0.15) is 0 Å². The molecule has 214 valence electrons. The zero-order valence-corrected chi connectivity index (χ0v) is 24.0. The summed E-state index contributed by atoms with van der Waals surface area (Å²) in [5, 5.41) is 0. The summed E-state index contributed by atoms with van der Waals surface area (Å²) in [6.07, 6.45) is 0. The molecule has 4 heteroatoms. The van der Waals surface area contributed by atoms with E-state index in [0.29, 0.717) is 52.9 Å². The van der Waals surface area contributed by atoms with Crippen LogP contribution in [0.15, 0.2) is 133 Å². The monoisotopic (exact) mass is 558 g/mol. The number of benzene rings is 5. The van der Waals surface area contributed by atoms with Crippen molar-refractivity contribution in [1.29, 1.82) is 0 Å². The molecule has 0 saturated carbocycles. The molecular formula is C38H38O4. The van der Waals surface area contributed by atoms with E-state index in [2.05, 4.69) is 97.1 Å². The molecule has 0 spiro atoms. The zero-order chi connectivity index (χ0) is 28.7. The molecule has 0 unspecified atom stereocenters. The Kier molecular flexibility index (Phi) is 11.5. The second-order valence-electron chi connectivity index (χ2n) is 10.4. The van der Waals surface area contributed by atoms with E-state index in [1.807, 2.05) is 36.4 Å². The summed E-state index contributed by atoms with van der Waals surface area (Å²) in [5.41, 5.74) is 9.29. The molecule has 0 aliphatic carbocycles. The third kappa shape index (κ3) is 10.1. The lowest BCUT2D eigenvalue weighted by Gasteiger charge is -2.09. The van der Waals surface area contributed by atoms with Crippen LogP contribution in [0.25, 0.3) is 0 Å². The molecule has 0 radical (unpaired) electrons. The number of hydrogen-bond acceptors (Lipinski definition) is 4. The highest BCUT2D eigenvalue weighted by atomic mass is 16.5. The first kappa shape index (κ1) is 29.4. The maximum absolute atomic E-state index is 5.95. The Morgan fingerprint density at radius 2 is 0.381 bits per heavy atom. The van der Waals surface area contributed by atoms with Crippen molar-refractivity contribution in [1.82, 2.24) is 0 Å². The molecule has 0 atom stereocenters. The quantitative estimate of drug-likeness (QED) is 0.122. The Morgan fingerprint density at radius 1 is 0.214 bits per heavy atom. The molecule has 4 nitrogen and oxygen atoms in total. The maximum atomic E-state index is 5.95. The first-order valence-corrected chi connectivity index (χ1v) is 14.4. The fraction of sp³-hybridized carbons (Fsp3) is 0.211. The van der Waals surface area contributed by atoms with E-state index in [9.17, 15) is 0 Å². The highest BCUT2D eigenvalue weighted by Gasteiger charge is 2.01. The summed E-state index contributed by atoms with van der Waals surface area (Å²) in [7, 11) is 0. The Balaban J connectivity index is 0.948. The van der Waals surface area contributed by atoms with E-state index in [0.717, 1.165) is 33.4 Å². The normalized spacial score (nSPS) is 11.0. The molecule has 5 rings (SSSR count). The topological polar surface area (TPSA) is 36.9 Å². The molecule has 0 amide bonds. The van der Waals surface area contributed by atoms with Crippen LogP contribution in [0.3, 0.4) is 0 Å². The van der Waals surface area contributed by atoms with E-state index < -0.39 is 0 Å². The maximum Gasteiger partial charge on any atom is 0.0721 e. The molecule has 5 aromatic carbocycles. The molecule has 42 heavy (non-hydrogen) atoms. The van der Waals surface area contributed by atoms with Crippen molar-refractivity contribution in [2.75, 3.05) is 0 Å². The first-order valence-electron chi connectivity index (χ1n) is 14.4. The predicted octanol–water partition coefficient (Wildman–Crippen LogP) is 8.55. The number of rotatable bonds is 16. The van der Waals surface area contributed by atoms with Gasteiger partial charge in [-0.25, -0.2) is 0 Å². The van der Waals surface area contributed by atoms with Gasteiger partial charge in [0.15, 0.2) is 0 Å². The van der Waals surface area contributed by atoms with Crippen LogP contribution in [0.4, 0.5) is 0 Å². The molecule has 0 N–H and O–H groups in total. The van der Waals surface area contributed by atoms with Gasteiger partial charge >= 0.3 is 0 Å². The molecule has 0 aliphatic rings. The standard InChI is InChI=1S/C38H38O4/c1-3-7-31(8-4-1)23-39-25-33-11-15-35(16-12-33)27-41-29-37-19-21-38(22-20-37)30-42-28-36-17-13-34(14-18-36)26-40-24-32-9-5-2-6-10-32/h1-22H,23-30H2. The van der Waals surface area contributed by atoms with Crippen molar-refractivity contribution in [2.24, 2.45) is 0 Å². The van der Waals surface area contributed by atoms with Gasteiger partial charge in [-0.15, -0.1) is 0 Å². The van der Waals surface area contributed by atoms with Gasteiger partial charge in [-0.3, -0.25) is 0 Å². The van der Waals surface area contributed by atoms with Crippen LogP contribution in [0.2, 0.25) is 0 Å². The van der Waals surface area contributed by atoms with E-state index in [1.54, 1.807) is 0 Å². The fourth-order valence-electron chi connectivity index (χ4n) is 4.49. The van der Waals surface area contributed by atoms with Gasteiger partial charge in [0.2, 0.25) is 0 Å². The Labute approximate surface area is 249 Å². The van der Waals surface area contributed by atoms with E-state index >= 15 is 0 Å². The van der Waals surface area contributed by atoms with Crippen molar-refractivity contribution < 1.29 is 18.9 Å². The fourth-order valence-corrected chi connectivity index (χ4v) is 4.49. The Hall–Kier alpha value is -4.06. The largest absolute Gasteiger partial charge is 0.372 e. The lowest BCUT2D eigenvalue weighted by Crippen LogP contribution is -1.98. The SMILES string of the molecule is c1ccc(COCc2ccc(COCc3ccc(COCc4ccc(COCc5ccccc5)cc4)cc3)cc2)cc1. The zero-order valence-electron chi connectivity index (χ0n) is 24.0. The second kappa shape index (κ2) is 16.4. The summed E-state index contributed by atoms with van der Waals surface area (Å²) in [6, 6.07) is 45.7.